The third-order valence-corrected chi connectivity index (χ3v) is 4.46. The summed E-state index contributed by atoms with van der Waals surface area (Å²) in [6.07, 6.45) is 0.434. The molecule has 3 rings (SSSR count). The Morgan fingerprint density at radius 2 is 1.79 bits per heavy atom. The van der Waals surface area contributed by atoms with Gasteiger partial charge in [-0.2, -0.15) is 0 Å². The lowest BCUT2D eigenvalue weighted by atomic mass is 10.2. The highest BCUT2D eigenvalue weighted by molar-refractivity contribution is 6.07. The Morgan fingerprint density at radius 3 is 2.33 bits per heavy atom. The fourth-order valence-corrected chi connectivity index (χ4v) is 3.08. The van der Waals surface area contributed by atoms with Crippen LogP contribution in [-0.2, 0) is 11.2 Å². The number of rotatable bonds is 6. The van der Waals surface area contributed by atoms with Crippen LogP contribution in [0.5, 0.6) is 0 Å². The predicted octanol–water partition coefficient (Wildman–Crippen LogP) is 5.72. The van der Waals surface area contributed by atoms with Crippen molar-refractivity contribution in [2.24, 2.45) is 5.11 Å². The van der Waals surface area contributed by atoms with E-state index in [0.29, 0.717) is 23.6 Å². The number of halogens is 1. The maximum absolute atomic E-state index is 13.5. The Hall–Kier alpha value is -4.17. The molecule has 33 heavy (non-hydrogen) atoms. The van der Waals surface area contributed by atoms with E-state index in [4.69, 9.17) is 10.3 Å². The summed E-state index contributed by atoms with van der Waals surface area (Å²) >= 11 is 0. The average molecular weight is 450 g/mol. The first-order chi connectivity index (χ1) is 15.6. The number of anilines is 1. The van der Waals surface area contributed by atoms with Gasteiger partial charge in [0.25, 0.3) is 5.91 Å². The quantitative estimate of drug-likeness (QED) is 0.223. The molecule has 1 aromatic heterocycles. The summed E-state index contributed by atoms with van der Waals surface area (Å²) in [6.45, 7) is 7.04. The third-order valence-electron chi connectivity index (χ3n) is 4.46. The van der Waals surface area contributed by atoms with E-state index in [0.717, 1.165) is 0 Å². The Balaban J connectivity index is 2.07. The zero-order valence-corrected chi connectivity index (χ0v) is 18.7. The summed E-state index contributed by atoms with van der Waals surface area (Å²) in [6, 6.07) is 11.6. The van der Waals surface area contributed by atoms with Crippen molar-refractivity contribution in [2.45, 2.75) is 39.7 Å². The second-order valence-electron chi connectivity index (χ2n) is 8.08. The van der Waals surface area contributed by atoms with Crippen molar-refractivity contribution in [1.82, 2.24) is 9.55 Å². The van der Waals surface area contributed by atoms with Crippen molar-refractivity contribution >= 4 is 23.4 Å². The number of esters is 1. The molecule has 3 aromatic rings. The number of imidazole rings is 1. The van der Waals surface area contributed by atoms with Gasteiger partial charge in [-0.15, -0.1) is 0 Å². The highest BCUT2D eigenvalue weighted by atomic mass is 19.1. The second kappa shape index (κ2) is 9.54. The Morgan fingerprint density at radius 1 is 1.15 bits per heavy atom. The van der Waals surface area contributed by atoms with Crippen LogP contribution in [0.2, 0.25) is 0 Å². The largest absolute Gasteiger partial charge is 0.455 e. The first kappa shape index (κ1) is 23.5. The fourth-order valence-electron chi connectivity index (χ4n) is 3.08. The van der Waals surface area contributed by atoms with Crippen LogP contribution in [0.3, 0.4) is 0 Å². The molecule has 1 heterocycles. The van der Waals surface area contributed by atoms with Crippen molar-refractivity contribution in [2.75, 3.05) is 5.32 Å². The van der Waals surface area contributed by atoms with Gasteiger partial charge in [0, 0.05) is 28.3 Å². The van der Waals surface area contributed by atoms with Gasteiger partial charge in [0.15, 0.2) is 11.5 Å². The zero-order chi connectivity index (χ0) is 24.2. The van der Waals surface area contributed by atoms with Crippen molar-refractivity contribution < 1.29 is 18.7 Å². The molecule has 0 saturated heterocycles. The van der Waals surface area contributed by atoms with Gasteiger partial charge in [0.1, 0.15) is 17.2 Å². The summed E-state index contributed by atoms with van der Waals surface area (Å²) in [7, 11) is 0. The molecule has 0 bridgehead atoms. The van der Waals surface area contributed by atoms with Gasteiger partial charge in [0.05, 0.1) is 0 Å². The van der Waals surface area contributed by atoms with Gasteiger partial charge in [-0.25, -0.2) is 14.2 Å². The minimum atomic E-state index is -0.792. The van der Waals surface area contributed by atoms with E-state index in [1.54, 1.807) is 25.3 Å². The van der Waals surface area contributed by atoms with E-state index in [1.807, 2.05) is 6.92 Å². The van der Waals surface area contributed by atoms with E-state index in [-0.39, 0.29) is 17.1 Å². The smallest absolute Gasteiger partial charge is 0.359 e. The summed E-state index contributed by atoms with van der Waals surface area (Å²) < 4.78 is 20.6. The van der Waals surface area contributed by atoms with E-state index in [1.165, 1.54) is 48.5 Å². The molecule has 0 aliphatic heterocycles. The maximum atomic E-state index is 13.5. The second-order valence-corrected chi connectivity index (χ2v) is 8.08. The normalized spacial score (nSPS) is 10.9. The maximum Gasteiger partial charge on any atom is 0.359 e. The van der Waals surface area contributed by atoms with E-state index in [9.17, 15) is 14.0 Å². The average Bonchev–Trinajstić information content (AvgIpc) is 3.12. The van der Waals surface area contributed by atoms with Crippen molar-refractivity contribution in [3.8, 4) is 5.69 Å². The first-order valence-electron chi connectivity index (χ1n) is 10.2. The molecule has 0 fully saturated rings. The zero-order valence-electron chi connectivity index (χ0n) is 18.7. The SMILES string of the molecule is CCc1nc(NC(=O)c2ccc(N=[N+]=[N-])cc2)c(C(=O)OC(C)(C)C)n1-c1ccc(F)cc1. The number of ether oxygens (including phenoxy) is 1. The van der Waals surface area contributed by atoms with Crippen molar-refractivity contribution in [3.63, 3.8) is 0 Å². The molecular formula is C23H23FN6O3. The van der Waals surface area contributed by atoms with Crippen LogP contribution in [0.25, 0.3) is 16.1 Å². The van der Waals surface area contributed by atoms with Crippen LogP contribution in [0.1, 0.15) is 54.4 Å². The highest BCUT2D eigenvalue weighted by Gasteiger charge is 2.29. The molecular weight excluding hydrogens is 427 g/mol. The van der Waals surface area contributed by atoms with Crippen LogP contribution >= 0.6 is 0 Å². The number of nitrogens with zero attached hydrogens (tertiary/aromatic N) is 5. The van der Waals surface area contributed by atoms with Crippen molar-refractivity contribution in [3.05, 3.63) is 81.9 Å². The van der Waals surface area contributed by atoms with Crippen LogP contribution < -0.4 is 5.32 Å². The monoisotopic (exact) mass is 450 g/mol. The van der Waals surface area contributed by atoms with Gasteiger partial charge in [-0.3, -0.25) is 9.36 Å². The molecule has 9 nitrogen and oxygen atoms in total. The third kappa shape index (κ3) is 5.55. The van der Waals surface area contributed by atoms with Crippen LogP contribution in [0, 0.1) is 5.82 Å². The van der Waals surface area contributed by atoms with Crippen molar-refractivity contribution in [1.29, 1.82) is 0 Å². The van der Waals surface area contributed by atoms with Gasteiger partial charge < -0.3 is 10.1 Å². The number of carbonyl (C=O) groups is 2. The lowest BCUT2D eigenvalue weighted by molar-refractivity contribution is 0.00615. The number of hydrogen-bond acceptors (Lipinski definition) is 5. The molecule has 0 atom stereocenters. The van der Waals surface area contributed by atoms with Gasteiger partial charge in [-0.1, -0.05) is 24.2 Å². The molecule has 0 saturated carbocycles. The molecule has 0 spiro atoms. The summed E-state index contributed by atoms with van der Waals surface area (Å²) in [4.78, 5) is 33.2. The number of azide groups is 1. The Kier molecular flexibility index (Phi) is 6.79. The summed E-state index contributed by atoms with van der Waals surface area (Å²) in [5.74, 6) is -1.12. The highest BCUT2D eigenvalue weighted by Crippen LogP contribution is 2.26. The lowest BCUT2D eigenvalue weighted by Crippen LogP contribution is -2.26. The van der Waals surface area contributed by atoms with E-state index >= 15 is 0 Å². The minimum absolute atomic E-state index is 0.0208. The minimum Gasteiger partial charge on any atom is -0.455 e. The standard InChI is InChI=1S/C23H23FN6O3/c1-5-18-26-20(27-21(31)14-6-10-16(11-7-14)28-29-25)19(22(32)33-23(2,3)4)30(18)17-12-8-15(24)9-13-17/h6-13H,5H2,1-4H3,(H,27,31). The number of aromatic nitrogens is 2. The molecule has 1 amide bonds. The molecule has 2 aromatic carbocycles. The number of aryl methyl sites for hydroxylation is 1. The molecule has 0 aliphatic rings. The van der Waals surface area contributed by atoms with Crippen LogP contribution in [-0.4, -0.2) is 27.0 Å². The van der Waals surface area contributed by atoms with Crippen LogP contribution in [0.4, 0.5) is 15.9 Å². The van der Waals surface area contributed by atoms with Gasteiger partial charge >= 0.3 is 5.97 Å². The molecule has 0 aliphatic carbocycles. The topological polar surface area (TPSA) is 122 Å². The van der Waals surface area contributed by atoms with Crippen LogP contribution in [0.15, 0.2) is 53.6 Å². The van der Waals surface area contributed by atoms with E-state index in [2.05, 4.69) is 20.3 Å². The predicted molar refractivity (Wildman–Crippen MR) is 121 cm³/mol. The Bertz CT molecular complexity index is 1220. The molecule has 1 N–H and O–H groups in total. The molecule has 10 heteroatoms. The first-order valence-corrected chi connectivity index (χ1v) is 10.2. The van der Waals surface area contributed by atoms with Gasteiger partial charge in [0.2, 0.25) is 0 Å². The van der Waals surface area contributed by atoms with E-state index < -0.39 is 23.3 Å². The van der Waals surface area contributed by atoms with Gasteiger partial charge in [-0.05, 0) is 62.7 Å². The number of carbonyl (C=O) groups excluding carboxylic acids is 2. The summed E-state index contributed by atoms with van der Waals surface area (Å²) in [5, 5.41) is 6.15. The fraction of sp³-hybridized carbons (Fsp3) is 0.261. The molecule has 0 radical (unpaired) electrons. The Labute approximate surface area is 189 Å². The molecule has 0 unspecified atom stereocenters. The summed E-state index contributed by atoms with van der Waals surface area (Å²) in [5.41, 5.74) is 8.88. The number of benzene rings is 2. The number of hydrogen-bond donors (Lipinski definition) is 1. The number of amides is 1. The molecule has 170 valence electrons. The number of nitrogens with one attached hydrogen (secondary N) is 1. The lowest BCUT2D eigenvalue weighted by Gasteiger charge is -2.21.